The molecular weight excluding hydrogens is 226 g/mol. The van der Waals surface area contributed by atoms with Crippen LogP contribution in [-0.4, -0.2) is 21.2 Å². The summed E-state index contributed by atoms with van der Waals surface area (Å²) in [6, 6.07) is 0. The third-order valence-corrected chi connectivity index (χ3v) is 4.47. The van der Waals surface area contributed by atoms with E-state index < -0.39 is 6.10 Å². The maximum absolute atomic E-state index is 10.7. The molecular formula is C14H25N3O. The van der Waals surface area contributed by atoms with Gasteiger partial charge in [-0.2, -0.15) is 0 Å². The molecule has 1 aromatic heterocycles. The number of aliphatic hydroxyl groups excluding tert-OH is 1. The van der Waals surface area contributed by atoms with Crippen LogP contribution in [0.1, 0.15) is 56.7 Å². The minimum absolute atomic E-state index is 0.159. The SMILES string of the molecule is Cn1cncc1C(O)C1(CN)CCCCCCC1. The van der Waals surface area contributed by atoms with Crippen LogP contribution in [0.3, 0.4) is 0 Å². The molecule has 3 N–H and O–H groups in total. The van der Waals surface area contributed by atoms with Gasteiger partial charge in [-0.05, 0) is 12.8 Å². The zero-order valence-corrected chi connectivity index (χ0v) is 11.3. The van der Waals surface area contributed by atoms with Gasteiger partial charge in [-0.15, -0.1) is 0 Å². The minimum atomic E-state index is -0.493. The van der Waals surface area contributed by atoms with Crippen LogP contribution in [-0.2, 0) is 7.05 Å². The van der Waals surface area contributed by atoms with Crippen LogP contribution < -0.4 is 5.73 Å². The van der Waals surface area contributed by atoms with Gasteiger partial charge in [0.15, 0.2) is 0 Å². The van der Waals surface area contributed by atoms with Crippen LogP contribution in [0.5, 0.6) is 0 Å². The molecule has 0 radical (unpaired) electrons. The Kier molecular flexibility index (Phi) is 4.40. The number of hydrogen-bond donors (Lipinski definition) is 2. The number of aryl methyl sites for hydroxylation is 1. The van der Waals surface area contributed by atoms with E-state index in [-0.39, 0.29) is 5.41 Å². The van der Waals surface area contributed by atoms with E-state index in [2.05, 4.69) is 4.98 Å². The number of imidazole rings is 1. The van der Waals surface area contributed by atoms with Crippen LogP contribution in [0.4, 0.5) is 0 Å². The van der Waals surface area contributed by atoms with E-state index in [1.54, 1.807) is 12.5 Å². The number of nitrogens with two attached hydrogens (primary N) is 1. The summed E-state index contributed by atoms with van der Waals surface area (Å²) in [5.74, 6) is 0. The monoisotopic (exact) mass is 251 g/mol. The highest BCUT2D eigenvalue weighted by Gasteiger charge is 2.38. The molecule has 0 aromatic carbocycles. The lowest BCUT2D eigenvalue weighted by atomic mass is 9.71. The molecule has 0 amide bonds. The van der Waals surface area contributed by atoms with Crippen molar-refractivity contribution in [3.05, 3.63) is 18.2 Å². The summed E-state index contributed by atoms with van der Waals surface area (Å²) < 4.78 is 1.90. The average Bonchev–Trinajstić information content (AvgIpc) is 2.75. The van der Waals surface area contributed by atoms with Crippen molar-refractivity contribution in [3.63, 3.8) is 0 Å². The van der Waals surface area contributed by atoms with Crippen molar-refractivity contribution in [2.75, 3.05) is 6.54 Å². The molecule has 0 bridgehead atoms. The standard InChI is InChI=1S/C14H25N3O/c1-17-11-16-9-12(17)13(18)14(10-15)7-5-3-2-4-6-8-14/h9,11,13,18H,2-8,10,15H2,1H3. The van der Waals surface area contributed by atoms with E-state index >= 15 is 0 Å². The van der Waals surface area contributed by atoms with Crippen molar-refractivity contribution in [2.45, 2.75) is 51.0 Å². The van der Waals surface area contributed by atoms with Gasteiger partial charge in [0.25, 0.3) is 0 Å². The Labute approximate surface area is 109 Å². The number of rotatable bonds is 3. The van der Waals surface area contributed by atoms with Gasteiger partial charge in [0.2, 0.25) is 0 Å². The number of hydrogen-bond acceptors (Lipinski definition) is 3. The van der Waals surface area contributed by atoms with Gasteiger partial charge in [0.1, 0.15) is 6.10 Å². The quantitative estimate of drug-likeness (QED) is 0.865. The largest absolute Gasteiger partial charge is 0.386 e. The highest BCUT2D eigenvalue weighted by atomic mass is 16.3. The molecule has 0 saturated heterocycles. The summed E-state index contributed by atoms with van der Waals surface area (Å²) in [4.78, 5) is 4.11. The Morgan fingerprint density at radius 2 is 1.94 bits per heavy atom. The zero-order chi connectivity index (χ0) is 13.0. The summed E-state index contributed by atoms with van der Waals surface area (Å²) in [6.07, 6.45) is 11.3. The van der Waals surface area contributed by atoms with Gasteiger partial charge in [0, 0.05) is 19.0 Å². The lowest BCUT2D eigenvalue weighted by Crippen LogP contribution is -2.38. The lowest BCUT2D eigenvalue weighted by molar-refractivity contribution is 0.00369. The van der Waals surface area contributed by atoms with Crippen LogP contribution in [0.25, 0.3) is 0 Å². The fourth-order valence-electron chi connectivity index (χ4n) is 3.14. The molecule has 2 rings (SSSR count). The molecule has 0 spiro atoms. The second-order valence-electron chi connectivity index (χ2n) is 5.67. The second kappa shape index (κ2) is 5.85. The predicted molar refractivity (Wildman–Crippen MR) is 72.0 cm³/mol. The third-order valence-electron chi connectivity index (χ3n) is 4.47. The molecule has 4 nitrogen and oxygen atoms in total. The van der Waals surface area contributed by atoms with E-state index in [9.17, 15) is 5.11 Å². The molecule has 1 unspecified atom stereocenters. The fourth-order valence-corrected chi connectivity index (χ4v) is 3.14. The van der Waals surface area contributed by atoms with Crippen molar-refractivity contribution >= 4 is 0 Å². The first-order chi connectivity index (χ1) is 8.69. The summed E-state index contributed by atoms with van der Waals surface area (Å²) in [5, 5.41) is 10.7. The second-order valence-corrected chi connectivity index (χ2v) is 5.67. The molecule has 1 atom stereocenters. The molecule has 1 aliphatic carbocycles. The highest BCUT2D eigenvalue weighted by Crippen LogP contribution is 2.43. The van der Waals surface area contributed by atoms with E-state index in [0.717, 1.165) is 18.5 Å². The highest BCUT2D eigenvalue weighted by molar-refractivity contribution is 5.08. The molecule has 18 heavy (non-hydrogen) atoms. The molecule has 102 valence electrons. The first-order valence-corrected chi connectivity index (χ1v) is 7.04. The van der Waals surface area contributed by atoms with Gasteiger partial charge in [-0.1, -0.05) is 32.1 Å². The molecule has 0 aliphatic heterocycles. The van der Waals surface area contributed by atoms with Gasteiger partial charge < -0.3 is 15.4 Å². The molecule has 1 fully saturated rings. The topological polar surface area (TPSA) is 64.1 Å². The number of aromatic nitrogens is 2. The first-order valence-electron chi connectivity index (χ1n) is 7.04. The van der Waals surface area contributed by atoms with Crippen LogP contribution in [0.15, 0.2) is 12.5 Å². The average molecular weight is 251 g/mol. The summed E-state index contributed by atoms with van der Waals surface area (Å²) in [5.41, 5.74) is 6.76. The summed E-state index contributed by atoms with van der Waals surface area (Å²) in [7, 11) is 1.93. The van der Waals surface area contributed by atoms with Crippen LogP contribution in [0.2, 0.25) is 0 Å². The van der Waals surface area contributed by atoms with Crippen molar-refractivity contribution in [1.29, 1.82) is 0 Å². The Morgan fingerprint density at radius 3 is 2.44 bits per heavy atom. The zero-order valence-electron chi connectivity index (χ0n) is 11.3. The maximum atomic E-state index is 10.7. The fraction of sp³-hybridized carbons (Fsp3) is 0.786. The summed E-state index contributed by atoms with van der Waals surface area (Å²) in [6.45, 7) is 0.555. The van der Waals surface area contributed by atoms with E-state index in [4.69, 9.17) is 5.73 Å². The molecule has 1 aromatic rings. The molecule has 4 heteroatoms. The predicted octanol–water partition coefficient (Wildman–Crippen LogP) is 2.14. The van der Waals surface area contributed by atoms with E-state index in [1.807, 2.05) is 11.6 Å². The van der Waals surface area contributed by atoms with Gasteiger partial charge >= 0.3 is 0 Å². The van der Waals surface area contributed by atoms with E-state index in [0.29, 0.717) is 6.54 Å². The maximum Gasteiger partial charge on any atom is 0.102 e. The van der Waals surface area contributed by atoms with E-state index in [1.165, 1.54) is 32.1 Å². The molecule has 1 saturated carbocycles. The molecule has 1 heterocycles. The third kappa shape index (κ3) is 2.59. The van der Waals surface area contributed by atoms with Crippen LogP contribution >= 0.6 is 0 Å². The normalized spacial score (nSPS) is 22.2. The Balaban J connectivity index is 2.21. The first kappa shape index (κ1) is 13.6. The Morgan fingerprint density at radius 1 is 1.33 bits per heavy atom. The molecule has 1 aliphatic rings. The lowest BCUT2D eigenvalue weighted by Gasteiger charge is -2.38. The van der Waals surface area contributed by atoms with Gasteiger partial charge in [-0.25, -0.2) is 4.98 Å². The van der Waals surface area contributed by atoms with Gasteiger partial charge in [-0.3, -0.25) is 0 Å². The Hall–Kier alpha value is -0.870. The van der Waals surface area contributed by atoms with Crippen molar-refractivity contribution in [1.82, 2.24) is 9.55 Å². The van der Waals surface area contributed by atoms with Crippen molar-refractivity contribution in [2.24, 2.45) is 18.2 Å². The smallest absolute Gasteiger partial charge is 0.102 e. The minimum Gasteiger partial charge on any atom is -0.386 e. The van der Waals surface area contributed by atoms with Gasteiger partial charge in [0.05, 0.1) is 18.2 Å². The van der Waals surface area contributed by atoms with Crippen molar-refractivity contribution < 1.29 is 5.11 Å². The van der Waals surface area contributed by atoms with Crippen LogP contribution in [0, 0.1) is 5.41 Å². The number of nitrogens with zero attached hydrogens (tertiary/aromatic N) is 2. The number of aliphatic hydroxyl groups is 1. The Bertz CT molecular complexity index is 367. The van der Waals surface area contributed by atoms with Crippen molar-refractivity contribution in [3.8, 4) is 0 Å². The summed E-state index contributed by atoms with van der Waals surface area (Å²) >= 11 is 0.